The first-order chi connectivity index (χ1) is 7.44. The number of benzene rings is 1. The van der Waals surface area contributed by atoms with Gasteiger partial charge in [0.15, 0.2) is 0 Å². The fraction of sp³-hybridized carbons (Fsp3) is 0.500. The molecule has 2 unspecified atom stereocenters. The van der Waals surface area contributed by atoms with Crippen molar-refractivity contribution < 1.29 is 4.74 Å². The quantitative estimate of drug-likeness (QED) is 0.895. The molecule has 0 bridgehead atoms. The zero-order valence-electron chi connectivity index (χ0n) is 9.76. The highest BCUT2D eigenvalue weighted by Gasteiger charge is 2.32. The molecule has 0 spiro atoms. The van der Waals surface area contributed by atoms with E-state index < -0.39 is 5.60 Å². The summed E-state index contributed by atoms with van der Waals surface area (Å²) in [5, 5.41) is 1.25. The second kappa shape index (κ2) is 5.37. The second-order valence-electron chi connectivity index (χ2n) is 4.01. The van der Waals surface area contributed by atoms with E-state index in [1.165, 1.54) is 0 Å². The van der Waals surface area contributed by atoms with Crippen molar-refractivity contribution >= 4 is 23.2 Å². The van der Waals surface area contributed by atoms with E-state index in [1.54, 1.807) is 25.3 Å². The van der Waals surface area contributed by atoms with Crippen LogP contribution in [0, 0.1) is 0 Å². The van der Waals surface area contributed by atoms with Crippen LogP contribution in [-0.4, -0.2) is 12.7 Å². The Morgan fingerprint density at radius 1 is 1.44 bits per heavy atom. The molecule has 0 heterocycles. The molecule has 1 rings (SSSR count). The van der Waals surface area contributed by atoms with Crippen molar-refractivity contribution in [2.75, 3.05) is 7.11 Å². The van der Waals surface area contributed by atoms with Gasteiger partial charge in [-0.05, 0) is 37.1 Å². The highest BCUT2D eigenvalue weighted by atomic mass is 35.5. The lowest BCUT2D eigenvalue weighted by Gasteiger charge is -2.34. The SMILES string of the molecule is CCC(C)(OC)C(N)c1cc(Cl)ccc1Cl. The molecule has 2 N–H and O–H groups in total. The molecule has 90 valence electrons. The van der Waals surface area contributed by atoms with Crippen molar-refractivity contribution in [3.63, 3.8) is 0 Å². The Morgan fingerprint density at radius 3 is 2.56 bits per heavy atom. The van der Waals surface area contributed by atoms with Crippen LogP contribution in [0.4, 0.5) is 0 Å². The number of rotatable bonds is 4. The summed E-state index contributed by atoms with van der Waals surface area (Å²) >= 11 is 12.1. The summed E-state index contributed by atoms with van der Waals surface area (Å²) in [7, 11) is 1.65. The molecule has 16 heavy (non-hydrogen) atoms. The minimum absolute atomic E-state index is 0.298. The maximum Gasteiger partial charge on any atom is 0.0840 e. The Hall–Kier alpha value is -0.280. The van der Waals surface area contributed by atoms with Crippen LogP contribution in [0.5, 0.6) is 0 Å². The van der Waals surface area contributed by atoms with Crippen LogP contribution < -0.4 is 5.73 Å². The smallest absolute Gasteiger partial charge is 0.0840 e. The molecule has 1 aromatic rings. The average Bonchev–Trinajstić information content (AvgIpc) is 2.30. The summed E-state index contributed by atoms with van der Waals surface area (Å²) in [6, 6.07) is 5.00. The lowest BCUT2D eigenvalue weighted by Crippen LogP contribution is -2.39. The first-order valence-electron chi connectivity index (χ1n) is 5.20. The Bertz CT molecular complexity index is 364. The second-order valence-corrected chi connectivity index (χ2v) is 4.86. The lowest BCUT2D eigenvalue weighted by atomic mass is 9.88. The number of nitrogens with two attached hydrogens (primary N) is 1. The van der Waals surface area contributed by atoms with E-state index in [-0.39, 0.29) is 6.04 Å². The molecule has 0 saturated heterocycles. The van der Waals surface area contributed by atoms with Crippen molar-refractivity contribution in [2.24, 2.45) is 5.73 Å². The van der Waals surface area contributed by atoms with E-state index in [0.29, 0.717) is 10.0 Å². The van der Waals surface area contributed by atoms with Gasteiger partial charge in [-0.15, -0.1) is 0 Å². The van der Waals surface area contributed by atoms with Gasteiger partial charge in [0.25, 0.3) is 0 Å². The molecular formula is C12H17Cl2NO. The minimum atomic E-state index is -0.436. The standard InChI is InChI=1S/C12H17Cl2NO/c1-4-12(2,16-3)11(15)9-7-8(13)5-6-10(9)14/h5-7,11H,4,15H2,1-3H3. The van der Waals surface area contributed by atoms with Crippen LogP contribution in [0.15, 0.2) is 18.2 Å². The van der Waals surface area contributed by atoms with Gasteiger partial charge in [-0.3, -0.25) is 0 Å². The summed E-state index contributed by atoms with van der Waals surface area (Å²) in [6.45, 7) is 4.00. The van der Waals surface area contributed by atoms with Crippen LogP contribution in [0.3, 0.4) is 0 Å². The van der Waals surface area contributed by atoms with Gasteiger partial charge in [-0.2, -0.15) is 0 Å². The van der Waals surface area contributed by atoms with E-state index in [2.05, 4.69) is 0 Å². The van der Waals surface area contributed by atoms with E-state index in [9.17, 15) is 0 Å². The maximum absolute atomic E-state index is 6.20. The highest BCUT2D eigenvalue weighted by molar-refractivity contribution is 6.33. The molecular weight excluding hydrogens is 245 g/mol. The van der Waals surface area contributed by atoms with Crippen molar-refractivity contribution in [2.45, 2.75) is 31.9 Å². The fourth-order valence-electron chi connectivity index (χ4n) is 1.57. The Labute approximate surface area is 107 Å². The van der Waals surface area contributed by atoms with Crippen LogP contribution in [-0.2, 0) is 4.74 Å². The van der Waals surface area contributed by atoms with Gasteiger partial charge in [0.2, 0.25) is 0 Å². The van der Waals surface area contributed by atoms with E-state index in [1.807, 2.05) is 13.8 Å². The van der Waals surface area contributed by atoms with Gasteiger partial charge >= 0.3 is 0 Å². The highest BCUT2D eigenvalue weighted by Crippen LogP contribution is 2.34. The van der Waals surface area contributed by atoms with Crippen molar-refractivity contribution in [1.82, 2.24) is 0 Å². The Kier molecular flexibility index (Phi) is 4.62. The number of hydrogen-bond acceptors (Lipinski definition) is 2. The van der Waals surface area contributed by atoms with Crippen LogP contribution in [0.2, 0.25) is 10.0 Å². The van der Waals surface area contributed by atoms with Gasteiger partial charge in [-0.25, -0.2) is 0 Å². The molecule has 0 aliphatic carbocycles. The molecule has 0 aliphatic heterocycles. The summed E-state index contributed by atoms with van der Waals surface area (Å²) in [5.41, 5.74) is 6.58. The normalized spacial score (nSPS) is 16.9. The third kappa shape index (κ3) is 2.69. The zero-order chi connectivity index (χ0) is 12.3. The van der Waals surface area contributed by atoms with Crippen LogP contribution >= 0.6 is 23.2 Å². The number of halogens is 2. The molecule has 2 nitrogen and oxygen atoms in total. The number of hydrogen-bond donors (Lipinski definition) is 1. The van der Waals surface area contributed by atoms with Crippen molar-refractivity contribution in [1.29, 1.82) is 0 Å². The van der Waals surface area contributed by atoms with Gasteiger partial charge in [0.1, 0.15) is 0 Å². The van der Waals surface area contributed by atoms with Crippen LogP contribution in [0.1, 0.15) is 31.9 Å². The fourth-order valence-corrected chi connectivity index (χ4v) is 1.99. The molecule has 4 heteroatoms. The van der Waals surface area contributed by atoms with Gasteiger partial charge < -0.3 is 10.5 Å². The predicted octanol–water partition coefficient (Wildman–Crippen LogP) is 3.81. The molecule has 0 aromatic heterocycles. The van der Waals surface area contributed by atoms with E-state index in [4.69, 9.17) is 33.7 Å². The first kappa shape index (κ1) is 13.8. The summed E-state index contributed by atoms with van der Waals surface area (Å²) in [4.78, 5) is 0. The largest absolute Gasteiger partial charge is 0.377 e. The topological polar surface area (TPSA) is 35.2 Å². The van der Waals surface area contributed by atoms with Gasteiger partial charge in [0, 0.05) is 17.2 Å². The predicted molar refractivity (Wildman–Crippen MR) is 69.1 cm³/mol. The molecule has 0 fully saturated rings. The molecule has 1 aromatic carbocycles. The Balaban J connectivity index is 3.12. The number of methoxy groups -OCH3 is 1. The first-order valence-corrected chi connectivity index (χ1v) is 5.96. The zero-order valence-corrected chi connectivity index (χ0v) is 11.3. The summed E-state index contributed by atoms with van der Waals surface area (Å²) < 4.78 is 5.47. The van der Waals surface area contributed by atoms with E-state index >= 15 is 0 Å². The molecule has 0 saturated carbocycles. The average molecular weight is 262 g/mol. The summed E-state index contributed by atoms with van der Waals surface area (Å²) in [6.07, 6.45) is 0.799. The molecule has 0 amide bonds. The minimum Gasteiger partial charge on any atom is -0.377 e. The molecule has 0 radical (unpaired) electrons. The summed E-state index contributed by atoms with van der Waals surface area (Å²) in [5.74, 6) is 0. The van der Waals surface area contributed by atoms with Gasteiger partial charge in [-0.1, -0.05) is 30.1 Å². The Morgan fingerprint density at radius 2 is 2.06 bits per heavy atom. The van der Waals surface area contributed by atoms with Crippen molar-refractivity contribution in [3.05, 3.63) is 33.8 Å². The third-order valence-electron chi connectivity index (χ3n) is 3.12. The van der Waals surface area contributed by atoms with E-state index in [0.717, 1.165) is 12.0 Å². The molecule has 0 aliphatic rings. The molecule has 2 atom stereocenters. The van der Waals surface area contributed by atoms with Crippen LogP contribution in [0.25, 0.3) is 0 Å². The monoisotopic (exact) mass is 261 g/mol. The third-order valence-corrected chi connectivity index (χ3v) is 3.70. The maximum atomic E-state index is 6.20. The number of ether oxygens (including phenoxy) is 1. The lowest BCUT2D eigenvalue weighted by molar-refractivity contribution is -0.0194. The van der Waals surface area contributed by atoms with Gasteiger partial charge in [0.05, 0.1) is 11.6 Å². The van der Waals surface area contributed by atoms with Crippen molar-refractivity contribution in [3.8, 4) is 0 Å².